The Morgan fingerprint density at radius 2 is 2.00 bits per heavy atom. The van der Waals surface area contributed by atoms with Gasteiger partial charge in [0.2, 0.25) is 5.88 Å². The molecule has 6 heteroatoms. The van der Waals surface area contributed by atoms with Gasteiger partial charge in [0.05, 0.1) is 12.3 Å². The molecule has 2 rings (SSSR count). The average Bonchev–Trinajstić information content (AvgIpc) is 2.54. The van der Waals surface area contributed by atoms with Crippen LogP contribution in [0.1, 0.15) is 11.3 Å². The molecule has 2 N–H and O–H groups in total. The third-order valence-corrected chi connectivity index (χ3v) is 3.09. The summed E-state index contributed by atoms with van der Waals surface area (Å²) >= 11 is 0. The van der Waals surface area contributed by atoms with Gasteiger partial charge in [-0.1, -0.05) is 0 Å². The highest BCUT2D eigenvalue weighted by atomic mass is 19.1. The maximum absolute atomic E-state index is 13.7. The lowest BCUT2D eigenvalue weighted by atomic mass is 10.0. The molecule has 0 aliphatic heterocycles. The summed E-state index contributed by atoms with van der Waals surface area (Å²) in [6, 6.07) is 7.72. The molecule has 2 aromatic rings. The third-order valence-electron chi connectivity index (χ3n) is 3.09. The number of pyridine rings is 1. The van der Waals surface area contributed by atoms with Crippen LogP contribution < -0.4 is 10.5 Å². The minimum Gasteiger partial charge on any atom is -0.475 e. The first-order valence-corrected chi connectivity index (χ1v) is 6.85. The van der Waals surface area contributed by atoms with Crippen molar-refractivity contribution in [1.29, 1.82) is 0 Å². The molecule has 0 aliphatic carbocycles. The van der Waals surface area contributed by atoms with Gasteiger partial charge in [-0.2, -0.15) is 0 Å². The van der Waals surface area contributed by atoms with Crippen LogP contribution in [0.25, 0.3) is 11.1 Å². The van der Waals surface area contributed by atoms with Crippen LogP contribution >= 0.6 is 0 Å². The zero-order valence-corrected chi connectivity index (χ0v) is 12.3. The van der Waals surface area contributed by atoms with Gasteiger partial charge in [0.25, 0.3) is 0 Å². The van der Waals surface area contributed by atoms with Gasteiger partial charge in [0, 0.05) is 19.2 Å². The van der Waals surface area contributed by atoms with Gasteiger partial charge in [0.15, 0.2) is 0 Å². The van der Waals surface area contributed by atoms with Crippen molar-refractivity contribution in [3.05, 3.63) is 47.4 Å². The van der Waals surface area contributed by atoms with Crippen LogP contribution in [-0.4, -0.2) is 25.3 Å². The highest BCUT2D eigenvalue weighted by Crippen LogP contribution is 2.30. The van der Waals surface area contributed by atoms with E-state index in [-0.39, 0.29) is 24.7 Å². The highest BCUT2D eigenvalue weighted by molar-refractivity contribution is 5.69. The summed E-state index contributed by atoms with van der Waals surface area (Å²) in [6.45, 7) is 0.169. The van der Waals surface area contributed by atoms with Crippen molar-refractivity contribution in [2.24, 2.45) is 5.73 Å². The molecule has 0 atom stereocenters. The number of rotatable bonds is 7. The van der Waals surface area contributed by atoms with Crippen LogP contribution in [0.5, 0.6) is 5.88 Å². The topological polar surface area (TPSA) is 57.4 Å². The summed E-state index contributed by atoms with van der Waals surface area (Å²) in [5, 5.41) is 0. The van der Waals surface area contributed by atoms with Crippen LogP contribution in [0.2, 0.25) is 0 Å². The SMILES string of the molecule is COCCOc1nc(CF)ccc1-c1cc(F)cc(CN)c1. The summed E-state index contributed by atoms with van der Waals surface area (Å²) in [4.78, 5) is 4.12. The molecule has 0 fully saturated rings. The molecule has 0 aliphatic rings. The Morgan fingerprint density at radius 1 is 1.18 bits per heavy atom. The Labute approximate surface area is 127 Å². The van der Waals surface area contributed by atoms with E-state index in [0.29, 0.717) is 23.3 Å². The van der Waals surface area contributed by atoms with Gasteiger partial charge in [-0.15, -0.1) is 0 Å². The number of hydrogen-bond donors (Lipinski definition) is 1. The average molecular weight is 308 g/mol. The molecular formula is C16H18F2N2O2. The Balaban J connectivity index is 2.42. The first kappa shape index (κ1) is 16.3. The van der Waals surface area contributed by atoms with Gasteiger partial charge in [-0.25, -0.2) is 13.8 Å². The second-order valence-corrected chi connectivity index (χ2v) is 4.68. The summed E-state index contributed by atoms with van der Waals surface area (Å²) < 4.78 is 36.9. The Kier molecular flexibility index (Phi) is 5.80. The number of nitrogens with two attached hydrogens (primary N) is 1. The number of alkyl halides is 1. The van der Waals surface area contributed by atoms with E-state index in [1.54, 1.807) is 25.3 Å². The monoisotopic (exact) mass is 308 g/mol. The number of ether oxygens (including phenoxy) is 2. The lowest BCUT2D eigenvalue weighted by Crippen LogP contribution is -2.07. The van der Waals surface area contributed by atoms with Gasteiger partial charge in [-0.3, -0.25) is 0 Å². The van der Waals surface area contributed by atoms with Crippen molar-refractivity contribution in [1.82, 2.24) is 4.98 Å². The molecule has 0 bridgehead atoms. The van der Waals surface area contributed by atoms with Crippen molar-refractivity contribution < 1.29 is 18.3 Å². The number of methoxy groups -OCH3 is 1. The first-order valence-electron chi connectivity index (χ1n) is 6.85. The number of aromatic nitrogens is 1. The second-order valence-electron chi connectivity index (χ2n) is 4.68. The van der Waals surface area contributed by atoms with E-state index in [1.807, 2.05) is 0 Å². The lowest BCUT2D eigenvalue weighted by Gasteiger charge is -2.12. The largest absolute Gasteiger partial charge is 0.475 e. The van der Waals surface area contributed by atoms with E-state index in [9.17, 15) is 8.78 Å². The Hall–Kier alpha value is -2.05. The second kappa shape index (κ2) is 7.82. The first-order chi connectivity index (χ1) is 10.7. The highest BCUT2D eigenvalue weighted by Gasteiger charge is 2.12. The van der Waals surface area contributed by atoms with E-state index >= 15 is 0 Å². The van der Waals surface area contributed by atoms with Crippen LogP contribution in [0.3, 0.4) is 0 Å². The van der Waals surface area contributed by atoms with Crippen molar-refractivity contribution >= 4 is 0 Å². The minimum absolute atomic E-state index is 0.223. The zero-order chi connectivity index (χ0) is 15.9. The lowest BCUT2D eigenvalue weighted by molar-refractivity contribution is 0.144. The molecule has 0 amide bonds. The van der Waals surface area contributed by atoms with Crippen LogP contribution in [0, 0.1) is 5.82 Å². The Bertz CT molecular complexity index is 636. The normalized spacial score (nSPS) is 10.7. The fourth-order valence-electron chi connectivity index (χ4n) is 2.03. The van der Waals surface area contributed by atoms with Crippen molar-refractivity contribution in [2.75, 3.05) is 20.3 Å². The molecule has 1 aromatic carbocycles. The molecule has 118 valence electrons. The quantitative estimate of drug-likeness (QED) is 0.799. The van der Waals surface area contributed by atoms with Crippen LogP contribution in [0.15, 0.2) is 30.3 Å². The predicted molar refractivity (Wildman–Crippen MR) is 79.7 cm³/mol. The molecule has 22 heavy (non-hydrogen) atoms. The smallest absolute Gasteiger partial charge is 0.221 e. The standard InChI is InChI=1S/C16H18F2N2O2/c1-21-4-5-22-16-15(3-2-14(9-17)20-16)12-6-11(10-19)7-13(18)8-12/h2-3,6-8H,4-5,9-10,19H2,1H3. The molecule has 0 saturated heterocycles. The third kappa shape index (κ3) is 3.99. The minimum atomic E-state index is -0.696. The van der Waals surface area contributed by atoms with E-state index in [2.05, 4.69) is 4.98 Å². The summed E-state index contributed by atoms with van der Waals surface area (Å²) in [5.41, 5.74) is 7.66. The van der Waals surface area contributed by atoms with E-state index in [1.165, 1.54) is 12.1 Å². The Morgan fingerprint density at radius 3 is 2.68 bits per heavy atom. The molecule has 1 aromatic heterocycles. The number of halogens is 2. The van der Waals surface area contributed by atoms with E-state index in [4.69, 9.17) is 15.2 Å². The fraction of sp³-hybridized carbons (Fsp3) is 0.312. The maximum Gasteiger partial charge on any atom is 0.221 e. The molecule has 4 nitrogen and oxygen atoms in total. The summed E-state index contributed by atoms with van der Waals surface area (Å²) in [6.07, 6.45) is 0. The zero-order valence-electron chi connectivity index (χ0n) is 12.3. The molecule has 0 radical (unpaired) electrons. The molecular weight excluding hydrogens is 290 g/mol. The molecule has 0 unspecified atom stereocenters. The van der Waals surface area contributed by atoms with Gasteiger partial charge in [0.1, 0.15) is 19.1 Å². The number of nitrogens with zero attached hydrogens (tertiary/aromatic N) is 1. The fourth-order valence-corrected chi connectivity index (χ4v) is 2.03. The van der Waals surface area contributed by atoms with Crippen molar-refractivity contribution in [3.63, 3.8) is 0 Å². The molecule has 0 spiro atoms. The van der Waals surface area contributed by atoms with Gasteiger partial charge in [-0.05, 0) is 41.5 Å². The summed E-state index contributed by atoms with van der Waals surface area (Å²) in [5.74, 6) is -0.142. The van der Waals surface area contributed by atoms with Crippen molar-refractivity contribution in [2.45, 2.75) is 13.2 Å². The molecule has 1 heterocycles. The number of hydrogen-bond acceptors (Lipinski definition) is 4. The summed E-state index contributed by atoms with van der Waals surface area (Å²) in [7, 11) is 1.55. The predicted octanol–water partition coefficient (Wildman–Crippen LogP) is 2.84. The maximum atomic E-state index is 13.7. The van der Waals surface area contributed by atoms with Gasteiger partial charge < -0.3 is 15.2 Å². The van der Waals surface area contributed by atoms with Gasteiger partial charge >= 0.3 is 0 Å². The van der Waals surface area contributed by atoms with E-state index in [0.717, 1.165) is 0 Å². The molecule has 0 saturated carbocycles. The number of benzene rings is 1. The van der Waals surface area contributed by atoms with Crippen molar-refractivity contribution in [3.8, 4) is 17.0 Å². The van der Waals surface area contributed by atoms with Crippen LogP contribution in [0.4, 0.5) is 8.78 Å². The van der Waals surface area contributed by atoms with E-state index < -0.39 is 12.5 Å². The van der Waals surface area contributed by atoms with Crippen LogP contribution in [-0.2, 0) is 18.0 Å².